The van der Waals surface area contributed by atoms with E-state index >= 15 is 0 Å². The van der Waals surface area contributed by atoms with Gasteiger partial charge in [-0.05, 0) is 43.9 Å². The van der Waals surface area contributed by atoms with Crippen molar-refractivity contribution in [2.24, 2.45) is 0 Å². The molecule has 30 heavy (non-hydrogen) atoms. The van der Waals surface area contributed by atoms with E-state index in [9.17, 15) is 9.59 Å². The smallest absolute Gasteiger partial charge is 0.272 e. The molecule has 0 spiro atoms. The van der Waals surface area contributed by atoms with Gasteiger partial charge in [0, 0.05) is 32.3 Å². The highest BCUT2D eigenvalue weighted by Gasteiger charge is 2.29. The van der Waals surface area contributed by atoms with Gasteiger partial charge in [0.25, 0.3) is 5.91 Å². The van der Waals surface area contributed by atoms with E-state index in [1.165, 1.54) is 0 Å². The molecule has 3 heterocycles. The van der Waals surface area contributed by atoms with E-state index < -0.39 is 6.04 Å². The lowest BCUT2D eigenvalue weighted by molar-refractivity contribution is -0.132. The molecule has 1 aromatic carbocycles. The molecule has 2 atom stereocenters. The molecule has 2 saturated heterocycles. The number of carbonyl (C=O) groups is 2. The quantitative estimate of drug-likeness (QED) is 0.734. The summed E-state index contributed by atoms with van der Waals surface area (Å²) in [5.41, 5.74) is 1.40. The lowest BCUT2D eigenvalue weighted by atomic mass is 10.0. The summed E-state index contributed by atoms with van der Waals surface area (Å²) in [6, 6.07) is 11.3. The van der Waals surface area contributed by atoms with Gasteiger partial charge in [-0.25, -0.2) is 0 Å². The first-order valence-corrected chi connectivity index (χ1v) is 10.6. The summed E-state index contributed by atoms with van der Waals surface area (Å²) in [6.07, 6.45) is 6.56. The maximum absolute atomic E-state index is 13.0. The van der Waals surface area contributed by atoms with Crippen molar-refractivity contribution in [3.63, 3.8) is 0 Å². The molecule has 7 nitrogen and oxygen atoms in total. The first kappa shape index (κ1) is 22.3. The number of hydrogen-bond donors (Lipinski definition) is 2. The molecule has 0 saturated carbocycles. The minimum Gasteiger partial charge on any atom is -0.341 e. The molecular weight excluding hydrogens is 402 g/mol. The summed E-state index contributed by atoms with van der Waals surface area (Å²) in [5, 5.41) is 10.8. The lowest BCUT2D eigenvalue weighted by Crippen LogP contribution is -2.49. The zero-order valence-electron chi connectivity index (χ0n) is 17.1. The van der Waals surface area contributed by atoms with Crippen molar-refractivity contribution in [2.75, 3.05) is 26.2 Å². The number of nitrogens with one attached hydrogen (secondary N) is 2. The monoisotopic (exact) mass is 431 g/mol. The highest BCUT2D eigenvalue weighted by Crippen LogP contribution is 2.16. The van der Waals surface area contributed by atoms with Gasteiger partial charge in [-0.3, -0.25) is 14.3 Å². The number of amides is 2. The Labute approximate surface area is 183 Å². The topological polar surface area (TPSA) is 79.3 Å². The van der Waals surface area contributed by atoms with Crippen molar-refractivity contribution in [3.05, 3.63) is 53.9 Å². The normalized spacial score (nSPS) is 19.7. The molecule has 2 aliphatic rings. The van der Waals surface area contributed by atoms with E-state index in [-0.39, 0.29) is 30.3 Å². The summed E-state index contributed by atoms with van der Waals surface area (Å²) < 4.78 is 1.87. The average molecular weight is 432 g/mol. The first-order chi connectivity index (χ1) is 14.2. The Hall–Kier alpha value is -2.38. The van der Waals surface area contributed by atoms with Crippen LogP contribution in [-0.4, -0.2) is 58.7 Å². The predicted octanol–water partition coefficient (Wildman–Crippen LogP) is 2.19. The van der Waals surface area contributed by atoms with E-state index in [0.717, 1.165) is 57.4 Å². The minimum absolute atomic E-state index is 0. The number of hydrogen-bond acceptors (Lipinski definition) is 4. The highest BCUT2D eigenvalue weighted by atomic mass is 35.5. The number of nitrogens with zero attached hydrogens (tertiary/aromatic N) is 3. The van der Waals surface area contributed by atoms with Crippen LogP contribution in [0.5, 0.6) is 0 Å². The molecule has 2 amide bonds. The second-order valence-electron chi connectivity index (χ2n) is 7.93. The lowest BCUT2D eigenvalue weighted by Gasteiger charge is -2.24. The summed E-state index contributed by atoms with van der Waals surface area (Å²) in [6.45, 7) is 3.43. The maximum Gasteiger partial charge on any atom is 0.272 e. The van der Waals surface area contributed by atoms with Crippen LogP contribution in [0.4, 0.5) is 0 Å². The van der Waals surface area contributed by atoms with Gasteiger partial charge >= 0.3 is 0 Å². The van der Waals surface area contributed by atoms with Gasteiger partial charge in [-0.1, -0.05) is 30.3 Å². The van der Waals surface area contributed by atoms with Gasteiger partial charge in [-0.2, -0.15) is 5.10 Å². The molecule has 2 N–H and O–H groups in total. The van der Waals surface area contributed by atoms with Gasteiger partial charge in [-0.15, -0.1) is 12.4 Å². The molecule has 1 aromatic heterocycles. The SMILES string of the molecule is Cl.O=C(NC(Cc1ccccc1)C(=O)N1CCCC1)c1ccn(C2CCCNC2)n1. The van der Waals surface area contributed by atoms with Gasteiger partial charge in [0.2, 0.25) is 5.91 Å². The zero-order valence-corrected chi connectivity index (χ0v) is 17.9. The number of carbonyl (C=O) groups excluding carboxylic acids is 2. The molecule has 0 radical (unpaired) electrons. The van der Waals surface area contributed by atoms with E-state index in [0.29, 0.717) is 12.1 Å². The van der Waals surface area contributed by atoms with Crippen LogP contribution in [0.1, 0.15) is 47.8 Å². The predicted molar refractivity (Wildman–Crippen MR) is 118 cm³/mol. The Morgan fingerprint density at radius 1 is 1.13 bits per heavy atom. The van der Waals surface area contributed by atoms with Crippen LogP contribution >= 0.6 is 12.4 Å². The van der Waals surface area contributed by atoms with Crippen molar-refractivity contribution >= 4 is 24.2 Å². The van der Waals surface area contributed by atoms with Gasteiger partial charge in [0.05, 0.1) is 6.04 Å². The van der Waals surface area contributed by atoms with E-state index in [1.54, 1.807) is 6.07 Å². The van der Waals surface area contributed by atoms with Crippen LogP contribution in [-0.2, 0) is 11.2 Å². The summed E-state index contributed by atoms with van der Waals surface area (Å²) in [5.74, 6) is -0.295. The average Bonchev–Trinajstić information content (AvgIpc) is 3.46. The Kier molecular flexibility index (Phi) is 7.87. The number of halogens is 1. The van der Waals surface area contributed by atoms with Gasteiger partial charge in [0.15, 0.2) is 0 Å². The molecule has 0 bridgehead atoms. The standard InChI is InChI=1S/C22H29N5O2.ClH/c28-21(19-10-14-27(25-19)18-9-6-11-23-16-18)24-20(15-17-7-2-1-3-8-17)22(29)26-12-4-5-13-26;/h1-3,7-8,10,14,18,20,23H,4-6,9,11-13,15-16H2,(H,24,28);1H. The zero-order chi connectivity index (χ0) is 20.1. The third-order valence-corrected chi connectivity index (χ3v) is 5.79. The number of rotatable bonds is 6. The van der Waals surface area contributed by atoms with Crippen LogP contribution in [0.25, 0.3) is 0 Å². The second-order valence-corrected chi connectivity index (χ2v) is 7.93. The molecule has 2 aliphatic heterocycles. The van der Waals surface area contributed by atoms with Crippen LogP contribution in [0.2, 0.25) is 0 Å². The molecule has 8 heteroatoms. The van der Waals surface area contributed by atoms with Gasteiger partial charge in [0.1, 0.15) is 11.7 Å². The molecule has 4 rings (SSSR count). The van der Waals surface area contributed by atoms with Crippen molar-refractivity contribution in [2.45, 2.75) is 44.2 Å². The molecule has 2 aromatic rings. The van der Waals surface area contributed by atoms with Crippen molar-refractivity contribution in [1.82, 2.24) is 25.3 Å². The Morgan fingerprint density at radius 3 is 2.60 bits per heavy atom. The van der Waals surface area contributed by atoms with E-state index in [1.807, 2.05) is 46.1 Å². The molecular formula is C22H30ClN5O2. The summed E-state index contributed by atoms with van der Waals surface area (Å²) >= 11 is 0. The number of piperidine rings is 1. The first-order valence-electron chi connectivity index (χ1n) is 10.6. The number of likely N-dealkylation sites (tertiary alicyclic amines) is 1. The van der Waals surface area contributed by atoms with Crippen molar-refractivity contribution in [1.29, 1.82) is 0 Å². The van der Waals surface area contributed by atoms with E-state index in [2.05, 4.69) is 15.7 Å². The third-order valence-electron chi connectivity index (χ3n) is 5.79. The summed E-state index contributed by atoms with van der Waals surface area (Å²) in [7, 11) is 0. The number of benzene rings is 1. The molecule has 2 unspecified atom stereocenters. The molecule has 162 valence electrons. The molecule has 0 aliphatic carbocycles. The highest BCUT2D eigenvalue weighted by molar-refractivity contribution is 5.96. The van der Waals surface area contributed by atoms with Gasteiger partial charge < -0.3 is 15.5 Å². The Bertz CT molecular complexity index is 829. The Morgan fingerprint density at radius 2 is 1.90 bits per heavy atom. The van der Waals surface area contributed by atoms with Crippen molar-refractivity contribution < 1.29 is 9.59 Å². The third kappa shape index (κ3) is 5.40. The summed E-state index contributed by atoms with van der Waals surface area (Å²) in [4.78, 5) is 27.8. The fraction of sp³-hybridized carbons (Fsp3) is 0.500. The van der Waals surface area contributed by atoms with Crippen LogP contribution in [0.3, 0.4) is 0 Å². The fourth-order valence-electron chi connectivity index (χ4n) is 4.16. The second kappa shape index (κ2) is 10.6. The van der Waals surface area contributed by atoms with Crippen LogP contribution < -0.4 is 10.6 Å². The fourth-order valence-corrected chi connectivity index (χ4v) is 4.16. The Balaban J connectivity index is 0.00000256. The maximum atomic E-state index is 13.0. The van der Waals surface area contributed by atoms with E-state index in [4.69, 9.17) is 0 Å². The largest absolute Gasteiger partial charge is 0.341 e. The van der Waals surface area contributed by atoms with Crippen molar-refractivity contribution in [3.8, 4) is 0 Å². The number of aromatic nitrogens is 2. The molecule has 2 fully saturated rings. The minimum atomic E-state index is -0.579. The van der Waals surface area contributed by atoms with Crippen LogP contribution in [0.15, 0.2) is 42.6 Å². The van der Waals surface area contributed by atoms with Crippen LogP contribution in [0, 0.1) is 0 Å².